The average molecular weight is 434 g/mol. The molecule has 4 aromatic rings. The molecule has 2 heterocycles. The molecule has 2 N–H and O–H groups in total. The fraction of sp³-hybridized carbons (Fsp3) is 0.0714. The topological polar surface area (TPSA) is 69.2 Å². The van der Waals surface area contributed by atoms with Crippen LogP contribution in [0.4, 0.5) is 5.82 Å². The van der Waals surface area contributed by atoms with Gasteiger partial charge in [0.1, 0.15) is 11.4 Å². The van der Waals surface area contributed by atoms with Gasteiger partial charge in [-0.15, -0.1) is 0 Å². The van der Waals surface area contributed by atoms with Crippen LogP contribution in [0.3, 0.4) is 0 Å². The number of H-pyrrole nitrogens is 1. The van der Waals surface area contributed by atoms with Crippen molar-refractivity contribution in [2.24, 2.45) is 0 Å². The Balaban J connectivity index is 1.86. The molecule has 1 aliphatic heterocycles. The number of fused-ring (bicyclic) bond motifs is 1. The lowest BCUT2D eigenvalue weighted by Gasteiger charge is -2.46. The minimum absolute atomic E-state index is 0.549. The lowest BCUT2D eigenvalue weighted by molar-refractivity contribution is -0.131. The van der Waals surface area contributed by atoms with Crippen molar-refractivity contribution < 1.29 is 9.90 Å². The molecule has 0 radical (unpaired) electrons. The van der Waals surface area contributed by atoms with Gasteiger partial charge < -0.3 is 15.0 Å². The fourth-order valence-corrected chi connectivity index (χ4v) is 4.62. The van der Waals surface area contributed by atoms with Crippen LogP contribution < -0.4 is 4.90 Å². The number of nitrogens with one attached hydrogen (secondary N) is 1. The number of imidazole rings is 1. The lowest BCUT2D eigenvalue weighted by Crippen LogP contribution is -2.47. The van der Waals surface area contributed by atoms with E-state index in [4.69, 9.17) is 0 Å². The van der Waals surface area contributed by atoms with Crippen molar-refractivity contribution in [3.05, 3.63) is 144 Å². The molecule has 0 fully saturated rings. The molecule has 0 saturated carbocycles. The number of anilines is 1. The molecular weight excluding hydrogens is 410 g/mol. The molecule has 1 aromatic heterocycles. The molecule has 0 spiro atoms. The van der Waals surface area contributed by atoms with Crippen LogP contribution in [0.15, 0.2) is 121 Å². The lowest BCUT2D eigenvalue weighted by atomic mass is 9.75. The van der Waals surface area contributed by atoms with E-state index >= 15 is 0 Å². The smallest absolute Gasteiger partial charge is 0.328 e. The number of benzene rings is 3. The van der Waals surface area contributed by atoms with E-state index in [0.29, 0.717) is 6.42 Å². The van der Waals surface area contributed by atoms with Crippen LogP contribution in [0.25, 0.3) is 0 Å². The Hall–Kier alpha value is -4.38. The number of aliphatic carboxylic acids is 1. The largest absolute Gasteiger partial charge is 0.478 e. The number of hydrogen-bond donors (Lipinski definition) is 2. The number of carbonyl (C=O) groups is 1. The average Bonchev–Trinajstić information content (AvgIpc) is 3.34. The van der Waals surface area contributed by atoms with Crippen molar-refractivity contribution >= 4 is 11.8 Å². The standard InChI is InChI=1S/C28H23N3O2/c32-26(33)17-16-21-18-25-27(30-20-29-25)31(19-21)28(22-10-4-1-5-11-22,23-12-6-2-7-13-23)24-14-8-3-9-15-24/h1-17,19-20H,18H2,(H,29,30)(H,32,33)/b17-16+. The Kier molecular flexibility index (Phi) is 5.37. The van der Waals surface area contributed by atoms with Gasteiger partial charge in [-0.2, -0.15) is 0 Å². The van der Waals surface area contributed by atoms with Crippen molar-refractivity contribution in [2.75, 3.05) is 4.90 Å². The molecule has 5 heteroatoms. The molecule has 5 rings (SSSR count). The van der Waals surface area contributed by atoms with Gasteiger partial charge in [0, 0.05) is 18.7 Å². The van der Waals surface area contributed by atoms with Gasteiger partial charge in [-0.3, -0.25) is 0 Å². The van der Waals surface area contributed by atoms with Gasteiger partial charge in [-0.1, -0.05) is 91.0 Å². The van der Waals surface area contributed by atoms with E-state index in [0.717, 1.165) is 33.8 Å². The summed E-state index contributed by atoms with van der Waals surface area (Å²) in [5.74, 6) is -0.0882. The molecule has 33 heavy (non-hydrogen) atoms. The summed E-state index contributed by atoms with van der Waals surface area (Å²) in [6, 6.07) is 31.1. The molecule has 0 aliphatic carbocycles. The van der Waals surface area contributed by atoms with E-state index in [1.165, 1.54) is 6.08 Å². The Morgan fingerprint density at radius 2 is 1.39 bits per heavy atom. The van der Waals surface area contributed by atoms with Crippen LogP contribution in [-0.4, -0.2) is 21.0 Å². The van der Waals surface area contributed by atoms with E-state index < -0.39 is 11.5 Å². The van der Waals surface area contributed by atoms with E-state index in [1.807, 2.05) is 60.8 Å². The summed E-state index contributed by atoms with van der Waals surface area (Å²) in [6.45, 7) is 0. The van der Waals surface area contributed by atoms with Crippen molar-refractivity contribution in [2.45, 2.75) is 12.0 Å². The van der Waals surface area contributed by atoms with Crippen LogP contribution in [0.2, 0.25) is 0 Å². The third-order valence-electron chi connectivity index (χ3n) is 5.98. The summed E-state index contributed by atoms with van der Waals surface area (Å²) >= 11 is 0. The molecule has 0 unspecified atom stereocenters. The Labute approximate surface area is 192 Å². The predicted octanol–water partition coefficient (Wildman–Crippen LogP) is 5.29. The summed E-state index contributed by atoms with van der Waals surface area (Å²) in [5, 5.41) is 9.21. The SMILES string of the molecule is O=C(O)/C=C/C1=CN(C(c2ccccc2)(c2ccccc2)c2ccccc2)c2[nH]cnc2C1. The number of carboxylic acid groups (broad SMARTS) is 1. The second-order valence-electron chi connectivity index (χ2n) is 7.93. The number of rotatable bonds is 6. The van der Waals surface area contributed by atoms with Gasteiger partial charge in [-0.05, 0) is 28.3 Å². The third kappa shape index (κ3) is 3.64. The molecule has 3 aromatic carbocycles. The second-order valence-corrected chi connectivity index (χ2v) is 7.93. The van der Waals surface area contributed by atoms with Crippen LogP contribution in [0, 0.1) is 0 Å². The number of aromatic nitrogens is 2. The maximum absolute atomic E-state index is 11.2. The first-order chi connectivity index (χ1) is 16.2. The first-order valence-corrected chi connectivity index (χ1v) is 10.8. The van der Waals surface area contributed by atoms with Crippen LogP contribution in [-0.2, 0) is 16.8 Å². The maximum Gasteiger partial charge on any atom is 0.328 e. The molecule has 0 atom stereocenters. The number of allylic oxidation sites excluding steroid dienone is 2. The fourth-order valence-electron chi connectivity index (χ4n) is 4.62. The number of nitrogens with zero attached hydrogens (tertiary/aromatic N) is 2. The minimum Gasteiger partial charge on any atom is -0.478 e. The quantitative estimate of drug-likeness (QED) is 0.320. The Morgan fingerprint density at radius 1 is 0.879 bits per heavy atom. The molecule has 0 amide bonds. The van der Waals surface area contributed by atoms with E-state index in [1.54, 1.807) is 12.4 Å². The van der Waals surface area contributed by atoms with Crippen molar-refractivity contribution in [1.82, 2.24) is 9.97 Å². The Bertz CT molecular complexity index is 1210. The number of hydrogen-bond acceptors (Lipinski definition) is 3. The highest BCUT2D eigenvalue weighted by atomic mass is 16.4. The van der Waals surface area contributed by atoms with Gasteiger partial charge in [0.05, 0.1) is 12.0 Å². The maximum atomic E-state index is 11.2. The van der Waals surface area contributed by atoms with Gasteiger partial charge in [0.15, 0.2) is 0 Å². The van der Waals surface area contributed by atoms with Crippen LogP contribution >= 0.6 is 0 Å². The zero-order valence-corrected chi connectivity index (χ0v) is 17.9. The molecule has 162 valence electrons. The van der Waals surface area contributed by atoms with Gasteiger partial charge >= 0.3 is 5.97 Å². The van der Waals surface area contributed by atoms with Gasteiger partial charge in [-0.25, -0.2) is 9.78 Å². The van der Waals surface area contributed by atoms with Crippen LogP contribution in [0.5, 0.6) is 0 Å². The molecule has 1 aliphatic rings. The Morgan fingerprint density at radius 3 is 1.88 bits per heavy atom. The molecule has 5 nitrogen and oxygen atoms in total. The second kappa shape index (κ2) is 8.63. The summed E-state index contributed by atoms with van der Waals surface area (Å²) in [7, 11) is 0. The van der Waals surface area contributed by atoms with Crippen molar-refractivity contribution in [3.63, 3.8) is 0 Å². The highest BCUT2D eigenvalue weighted by molar-refractivity contribution is 5.80. The van der Waals surface area contributed by atoms with Crippen molar-refractivity contribution in [3.8, 4) is 0 Å². The predicted molar refractivity (Wildman–Crippen MR) is 129 cm³/mol. The summed E-state index contributed by atoms with van der Waals surface area (Å²) in [6.07, 6.45) is 7.11. The zero-order valence-electron chi connectivity index (χ0n) is 17.9. The van der Waals surface area contributed by atoms with E-state index in [-0.39, 0.29) is 0 Å². The normalized spacial score (nSPS) is 13.6. The zero-order chi connectivity index (χ0) is 22.7. The summed E-state index contributed by atoms with van der Waals surface area (Å²) < 4.78 is 0. The van der Waals surface area contributed by atoms with Gasteiger partial charge in [0.2, 0.25) is 0 Å². The number of aromatic amines is 1. The number of carboxylic acids is 1. The highest BCUT2D eigenvalue weighted by Crippen LogP contribution is 2.46. The molecule has 0 bridgehead atoms. The molecule has 0 saturated heterocycles. The summed E-state index contributed by atoms with van der Waals surface area (Å²) in [5.41, 5.74) is 4.28. The van der Waals surface area contributed by atoms with E-state index in [2.05, 4.69) is 51.3 Å². The van der Waals surface area contributed by atoms with Crippen LogP contribution in [0.1, 0.15) is 22.4 Å². The minimum atomic E-state index is -0.976. The highest BCUT2D eigenvalue weighted by Gasteiger charge is 2.44. The summed E-state index contributed by atoms with van der Waals surface area (Å²) in [4.78, 5) is 21.3. The van der Waals surface area contributed by atoms with Gasteiger partial charge in [0.25, 0.3) is 0 Å². The van der Waals surface area contributed by atoms with E-state index in [9.17, 15) is 9.90 Å². The van der Waals surface area contributed by atoms with Crippen molar-refractivity contribution in [1.29, 1.82) is 0 Å². The third-order valence-corrected chi connectivity index (χ3v) is 5.98. The monoisotopic (exact) mass is 433 g/mol. The molecular formula is C28H23N3O2. The first kappa shape index (κ1) is 20.5. The first-order valence-electron chi connectivity index (χ1n) is 10.8.